The smallest absolute Gasteiger partial charge is 0.240 e. The van der Waals surface area contributed by atoms with Crippen LogP contribution in [0.15, 0.2) is 23.1 Å². The second-order valence-corrected chi connectivity index (χ2v) is 6.66. The normalized spacial score (nSPS) is 13.7. The molecule has 1 rings (SSSR count). The number of sulfonamides is 1. The number of anilines is 1. The maximum atomic E-state index is 12.3. The number of aryl methyl sites for hydroxylation is 1. The molecular weight excluding hydrogens is 264 g/mol. The predicted molar refractivity (Wildman–Crippen MR) is 76.4 cm³/mol. The van der Waals surface area contributed by atoms with Crippen LogP contribution >= 0.6 is 0 Å². The highest BCUT2D eigenvalue weighted by Gasteiger charge is 2.22. The van der Waals surface area contributed by atoms with Crippen molar-refractivity contribution < 1.29 is 13.2 Å². The molecule has 6 heteroatoms. The largest absolute Gasteiger partial charge is 0.398 e. The van der Waals surface area contributed by atoms with Crippen LogP contribution in [-0.4, -0.2) is 28.2 Å². The summed E-state index contributed by atoms with van der Waals surface area (Å²) >= 11 is 0. The average Bonchev–Trinajstić information content (AvgIpc) is 2.31. The van der Waals surface area contributed by atoms with Gasteiger partial charge in [0.25, 0.3) is 0 Å². The Kier molecular flexibility index (Phi) is 5.34. The van der Waals surface area contributed by atoms with Crippen molar-refractivity contribution in [2.75, 3.05) is 19.5 Å². The molecule has 1 aromatic rings. The fourth-order valence-corrected chi connectivity index (χ4v) is 3.00. The molecule has 0 heterocycles. The Labute approximate surface area is 115 Å². The van der Waals surface area contributed by atoms with Crippen LogP contribution in [0.3, 0.4) is 0 Å². The summed E-state index contributed by atoms with van der Waals surface area (Å²) < 4.78 is 32.2. The summed E-state index contributed by atoms with van der Waals surface area (Å²) in [6, 6.07) is 4.46. The number of hydrogen-bond donors (Lipinski definition) is 2. The van der Waals surface area contributed by atoms with E-state index in [-0.39, 0.29) is 16.9 Å². The molecule has 0 aliphatic rings. The van der Waals surface area contributed by atoms with Crippen LogP contribution < -0.4 is 10.5 Å². The van der Waals surface area contributed by atoms with Crippen LogP contribution in [0.1, 0.15) is 19.4 Å². The van der Waals surface area contributed by atoms with Crippen molar-refractivity contribution in [1.29, 1.82) is 0 Å². The number of rotatable bonds is 6. The number of nitrogens with two attached hydrogens (primary N) is 1. The number of benzene rings is 1. The Hall–Kier alpha value is -1.11. The van der Waals surface area contributed by atoms with Crippen molar-refractivity contribution >= 4 is 15.7 Å². The van der Waals surface area contributed by atoms with E-state index in [0.29, 0.717) is 12.3 Å². The van der Waals surface area contributed by atoms with Crippen molar-refractivity contribution in [3.63, 3.8) is 0 Å². The molecule has 0 spiro atoms. The topological polar surface area (TPSA) is 81.4 Å². The zero-order valence-electron chi connectivity index (χ0n) is 11.8. The first-order valence-electron chi connectivity index (χ1n) is 6.15. The predicted octanol–water partition coefficient (Wildman–Crippen LogP) is 1.53. The first-order valence-corrected chi connectivity index (χ1v) is 7.63. The van der Waals surface area contributed by atoms with Crippen molar-refractivity contribution in [3.05, 3.63) is 23.8 Å². The summed E-state index contributed by atoms with van der Waals surface area (Å²) in [5, 5.41) is 0. The SMILES string of the molecule is COCC(NS(=O)(=O)c1ccc(C)c(N)c1)C(C)C. The van der Waals surface area contributed by atoms with Crippen LogP contribution in [0, 0.1) is 12.8 Å². The molecule has 0 amide bonds. The minimum Gasteiger partial charge on any atom is -0.398 e. The first-order chi connectivity index (χ1) is 8.77. The minimum absolute atomic E-state index is 0.137. The third kappa shape index (κ3) is 4.19. The molecule has 0 radical (unpaired) electrons. The first kappa shape index (κ1) is 15.9. The van der Waals surface area contributed by atoms with Crippen molar-refractivity contribution in [2.45, 2.75) is 31.7 Å². The molecule has 0 fully saturated rings. The van der Waals surface area contributed by atoms with E-state index in [0.717, 1.165) is 5.56 Å². The number of nitrogens with one attached hydrogen (secondary N) is 1. The summed E-state index contributed by atoms with van der Waals surface area (Å²) in [6.07, 6.45) is 0. The van der Waals surface area contributed by atoms with Crippen LogP contribution in [-0.2, 0) is 14.8 Å². The van der Waals surface area contributed by atoms with Gasteiger partial charge in [0.2, 0.25) is 10.0 Å². The fourth-order valence-electron chi connectivity index (χ4n) is 1.60. The second-order valence-electron chi connectivity index (χ2n) is 4.95. The van der Waals surface area contributed by atoms with Crippen molar-refractivity contribution in [1.82, 2.24) is 4.72 Å². The molecular formula is C13H22N2O3S. The zero-order valence-corrected chi connectivity index (χ0v) is 12.6. The van der Waals surface area contributed by atoms with E-state index in [4.69, 9.17) is 10.5 Å². The maximum Gasteiger partial charge on any atom is 0.240 e. The third-order valence-electron chi connectivity index (χ3n) is 3.02. The number of hydrogen-bond acceptors (Lipinski definition) is 4. The van der Waals surface area contributed by atoms with Crippen molar-refractivity contribution in [2.24, 2.45) is 5.92 Å². The number of methoxy groups -OCH3 is 1. The van der Waals surface area contributed by atoms with Crippen LogP contribution in [0.5, 0.6) is 0 Å². The summed E-state index contributed by atoms with van der Waals surface area (Å²) in [6.45, 7) is 6.05. The van der Waals surface area contributed by atoms with Gasteiger partial charge in [0, 0.05) is 18.8 Å². The molecule has 0 aliphatic heterocycles. The van der Waals surface area contributed by atoms with Gasteiger partial charge >= 0.3 is 0 Å². The molecule has 1 aromatic carbocycles. The van der Waals surface area contributed by atoms with E-state index >= 15 is 0 Å². The molecule has 5 nitrogen and oxygen atoms in total. The van der Waals surface area contributed by atoms with E-state index in [1.54, 1.807) is 19.2 Å². The highest BCUT2D eigenvalue weighted by atomic mass is 32.2. The van der Waals surface area contributed by atoms with Gasteiger partial charge in [0.05, 0.1) is 11.5 Å². The van der Waals surface area contributed by atoms with Crippen LogP contribution in [0.4, 0.5) is 5.69 Å². The lowest BCUT2D eigenvalue weighted by atomic mass is 10.1. The Morgan fingerprint density at radius 1 is 1.37 bits per heavy atom. The van der Waals surface area contributed by atoms with E-state index in [1.165, 1.54) is 6.07 Å². The molecule has 0 saturated heterocycles. The Morgan fingerprint density at radius 3 is 2.47 bits per heavy atom. The Morgan fingerprint density at radius 2 is 2.00 bits per heavy atom. The van der Waals surface area contributed by atoms with Gasteiger partial charge in [0.15, 0.2) is 0 Å². The lowest BCUT2D eigenvalue weighted by Gasteiger charge is -2.21. The maximum absolute atomic E-state index is 12.3. The zero-order chi connectivity index (χ0) is 14.6. The lowest BCUT2D eigenvalue weighted by molar-refractivity contribution is 0.157. The molecule has 19 heavy (non-hydrogen) atoms. The lowest BCUT2D eigenvalue weighted by Crippen LogP contribution is -2.41. The standard InChI is InChI=1S/C13H22N2O3S/c1-9(2)13(8-18-4)15-19(16,17)11-6-5-10(3)12(14)7-11/h5-7,9,13,15H,8,14H2,1-4H3. The van der Waals surface area contributed by atoms with E-state index in [1.807, 2.05) is 20.8 Å². The molecule has 0 aromatic heterocycles. The van der Waals surface area contributed by atoms with Gasteiger partial charge in [-0.2, -0.15) is 0 Å². The third-order valence-corrected chi connectivity index (χ3v) is 4.51. The molecule has 0 bridgehead atoms. The molecule has 3 N–H and O–H groups in total. The van der Waals surface area contributed by atoms with Crippen molar-refractivity contribution in [3.8, 4) is 0 Å². The van der Waals surface area contributed by atoms with E-state index in [9.17, 15) is 8.42 Å². The van der Waals surface area contributed by atoms with Crippen LogP contribution in [0.2, 0.25) is 0 Å². The van der Waals surface area contributed by atoms with Gasteiger partial charge < -0.3 is 10.5 Å². The monoisotopic (exact) mass is 286 g/mol. The quantitative estimate of drug-likeness (QED) is 0.777. The van der Waals surface area contributed by atoms with E-state index < -0.39 is 10.0 Å². The van der Waals surface area contributed by atoms with Gasteiger partial charge in [-0.05, 0) is 30.5 Å². The van der Waals surface area contributed by atoms with Gasteiger partial charge in [-0.3, -0.25) is 0 Å². The molecule has 0 aliphatic carbocycles. The van der Waals surface area contributed by atoms with Gasteiger partial charge in [0.1, 0.15) is 0 Å². The molecule has 0 saturated carbocycles. The summed E-state index contributed by atoms with van der Waals surface area (Å²) in [7, 11) is -2.03. The Bertz CT molecular complexity index is 527. The molecule has 1 unspecified atom stereocenters. The number of ether oxygens (including phenoxy) is 1. The summed E-state index contributed by atoms with van der Waals surface area (Å²) in [5.74, 6) is 0.137. The van der Waals surface area contributed by atoms with Gasteiger partial charge in [-0.25, -0.2) is 13.1 Å². The van der Waals surface area contributed by atoms with Gasteiger partial charge in [-0.15, -0.1) is 0 Å². The molecule has 1 atom stereocenters. The minimum atomic E-state index is -3.58. The van der Waals surface area contributed by atoms with Crippen LogP contribution in [0.25, 0.3) is 0 Å². The summed E-state index contributed by atoms with van der Waals surface area (Å²) in [4.78, 5) is 0.178. The highest BCUT2D eigenvalue weighted by molar-refractivity contribution is 7.89. The molecule has 108 valence electrons. The summed E-state index contributed by atoms with van der Waals surface area (Å²) in [5.41, 5.74) is 7.08. The number of nitrogen functional groups attached to an aromatic ring is 1. The highest BCUT2D eigenvalue weighted by Crippen LogP contribution is 2.18. The Balaban J connectivity index is 2.99. The van der Waals surface area contributed by atoms with E-state index in [2.05, 4.69) is 4.72 Å². The second kappa shape index (κ2) is 6.36. The fraction of sp³-hybridized carbons (Fsp3) is 0.538. The van der Waals surface area contributed by atoms with Gasteiger partial charge in [-0.1, -0.05) is 19.9 Å². The average molecular weight is 286 g/mol.